The molecule has 0 heterocycles. The summed E-state index contributed by atoms with van der Waals surface area (Å²) in [6.45, 7) is 0. The number of fused-ring (bicyclic) bond motifs is 1. The largest absolute Gasteiger partial charge is 0.471 e. The van der Waals surface area contributed by atoms with Crippen LogP contribution in [-0.2, 0) is 9.59 Å². The minimum absolute atomic E-state index is 0.207. The second-order valence-corrected chi connectivity index (χ2v) is 5.47. The lowest BCUT2D eigenvalue weighted by atomic mass is 10.1. The number of halogens is 3. The van der Waals surface area contributed by atoms with E-state index in [-0.39, 0.29) is 18.9 Å². The number of hydrogen-bond acceptors (Lipinski definition) is 2. The van der Waals surface area contributed by atoms with Gasteiger partial charge in [0.05, 0.1) is 6.04 Å². The SMILES string of the molecule is O=C(NC1(C(=O)NC2C=Cc3ccccc32)CC1)C(F)(F)F. The molecule has 7 heteroatoms. The van der Waals surface area contributed by atoms with Crippen molar-refractivity contribution in [3.63, 3.8) is 0 Å². The second kappa shape index (κ2) is 4.86. The van der Waals surface area contributed by atoms with Crippen LogP contribution in [0.3, 0.4) is 0 Å². The molecule has 2 amide bonds. The van der Waals surface area contributed by atoms with Gasteiger partial charge in [-0.3, -0.25) is 9.59 Å². The van der Waals surface area contributed by atoms with Crippen LogP contribution in [0.15, 0.2) is 30.3 Å². The molecule has 3 rings (SSSR count). The maximum atomic E-state index is 12.3. The molecular formula is C15H13F3N2O2. The Morgan fingerprint density at radius 1 is 1.18 bits per heavy atom. The second-order valence-electron chi connectivity index (χ2n) is 5.47. The van der Waals surface area contributed by atoms with Crippen LogP contribution in [0.5, 0.6) is 0 Å². The first kappa shape index (κ1) is 14.6. The molecule has 0 saturated heterocycles. The van der Waals surface area contributed by atoms with E-state index >= 15 is 0 Å². The van der Waals surface area contributed by atoms with Gasteiger partial charge in [0.25, 0.3) is 0 Å². The van der Waals surface area contributed by atoms with Gasteiger partial charge < -0.3 is 10.6 Å². The van der Waals surface area contributed by atoms with Crippen LogP contribution in [-0.4, -0.2) is 23.5 Å². The lowest BCUT2D eigenvalue weighted by Crippen LogP contribution is -2.53. The van der Waals surface area contributed by atoms with Gasteiger partial charge in [-0.05, 0) is 24.0 Å². The van der Waals surface area contributed by atoms with E-state index in [4.69, 9.17) is 0 Å². The summed E-state index contributed by atoms with van der Waals surface area (Å²) in [5, 5.41) is 4.49. The maximum absolute atomic E-state index is 12.3. The number of rotatable bonds is 3. The molecule has 22 heavy (non-hydrogen) atoms. The average molecular weight is 310 g/mol. The van der Waals surface area contributed by atoms with Gasteiger partial charge >= 0.3 is 12.1 Å². The van der Waals surface area contributed by atoms with E-state index in [1.807, 2.05) is 30.3 Å². The Morgan fingerprint density at radius 2 is 1.86 bits per heavy atom. The number of benzene rings is 1. The van der Waals surface area contributed by atoms with E-state index in [9.17, 15) is 22.8 Å². The van der Waals surface area contributed by atoms with Crippen molar-refractivity contribution in [3.05, 3.63) is 41.5 Å². The summed E-state index contributed by atoms with van der Waals surface area (Å²) < 4.78 is 37.0. The third-order valence-electron chi connectivity index (χ3n) is 3.88. The zero-order valence-corrected chi connectivity index (χ0v) is 11.4. The minimum Gasteiger partial charge on any atom is -0.344 e. The number of hydrogen-bond donors (Lipinski definition) is 2. The van der Waals surface area contributed by atoms with E-state index in [2.05, 4.69) is 5.32 Å². The number of nitrogens with one attached hydrogen (secondary N) is 2. The lowest BCUT2D eigenvalue weighted by Gasteiger charge is -2.21. The quantitative estimate of drug-likeness (QED) is 0.898. The van der Waals surface area contributed by atoms with Crippen LogP contribution in [0.1, 0.15) is 30.0 Å². The molecule has 0 spiro atoms. The van der Waals surface area contributed by atoms with Crippen LogP contribution >= 0.6 is 0 Å². The van der Waals surface area contributed by atoms with Gasteiger partial charge in [0, 0.05) is 0 Å². The Hall–Kier alpha value is -2.31. The number of alkyl halides is 3. The van der Waals surface area contributed by atoms with E-state index in [0.717, 1.165) is 11.1 Å². The fourth-order valence-electron chi connectivity index (χ4n) is 2.48. The number of carbonyl (C=O) groups is 2. The van der Waals surface area contributed by atoms with Crippen LogP contribution in [0.25, 0.3) is 6.08 Å². The van der Waals surface area contributed by atoms with Crippen LogP contribution in [0.2, 0.25) is 0 Å². The lowest BCUT2D eigenvalue weighted by molar-refractivity contribution is -0.175. The Kier molecular flexibility index (Phi) is 3.23. The Morgan fingerprint density at radius 3 is 2.50 bits per heavy atom. The van der Waals surface area contributed by atoms with Crippen molar-refractivity contribution in [1.82, 2.24) is 10.6 Å². The van der Waals surface area contributed by atoms with Crippen molar-refractivity contribution in [2.24, 2.45) is 0 Å². The van der Waals surface area contributed by atoms with Crippen molar-refractivity contribution in [3.8, 4) is 0 Å². The van der Waals surface area contributed by atoms with Crippen molar-refractivity contribution in [1.29, 1.82) is 0 Å². The molecule has 1 aromatic rings. The first-order valence-electron chi connectivity index (χ1n) is 6.79. The third kappa shape index (κ3) is 2.58. The fourth-order valence-corrected chi connectivity index (χ4v) is 2.48. The molecule has 1 fully saturated rings. The third-order valence-corrected chi connectivity index (χ3v) is 3.88. The number of amides is 2. The highest BCUT2D eigenvalue weighted by molar-refractivity contribution is 5.96. The van der Waals surface area contributed by atoms with Gasteiger partial charge in [-0.15, -0.1) is 0 Å². The Labute approximate surface area is 124 Å². The summed E-state index contributed by atoms with van der Waals surface area (Å²) in [6, 6.07) is 7.02. The van der Waals surface area contributed by atoms with E-state index in [1.165, 1.54) is 0 Å². The monoisotopic (exact) mass is 310 g/mol. The van der Waals surface area contributed by atoms with E-state index in [0.29, 0.717) is 0 Å². The Balaban J connectivity index is 1.68. The van der Waals surface area contributed by atoms with Gasteiger partial charge in [-0.2, -0.15) is 13.2 Å². The highest BCUT2D eigenvalue weighted by Crippen LogP contribution is 2.38. The predicted octanol–water partition coefficient (Wildman–Crippen LogP) is 2.08. The smallest absolute Gasteiger partial charge is 0.344 e. The molecule has 2 N–H and O–H groups in total. The van der Waals surface area contributed by atoms with Gasteiger partial charge in [-0.25, -0.2) is 0 Å². The molecule has 0 aliphatic heterocycles. The Bertz CT molecular complexity index is 663. The predicted molar refractivity (Wildman–Crippen MR) is 72.5 cm³/mol. The van der Waals surface area contributed by atoms with Gasteiger partial charge in [0.1, 0.15) is 5.54 Å². The highest BCUT2D eigenvalue weighted by Gasteiger charge is 2.55. The molecule has 2 aliphatic carbocycles. The van der Waals surface area contributed by atoms with Crippen molar-refractivity contribution < 1.29 is 22.8 Å². The van der Waals surface area contributed by atoms with E-state index in [1.54, 1.807) is 11.4 Å². The summed E-state index contributed by atoms with van der Waals surface area (Å²) in [7, 11) is 0. The summed E-state index contributed by atoms with van der Waals surface area (Å²) in [5.41, 5.74) is 0.406. The first-order valence-corrected chi connectivity index (χ1v) is 6.79. The zero-order chi connectivity index (χ0) is 16.0. The number of carbonyl (C=O) groups excluding carboxylic acids is 2. The highest BCUT2D eigenvalue weighted by atomic mass is 19.4. The van der Waals surface area contributed by atoms with Gasteiger partial charge in [0.15, 0.2) is 0 Å². The molecule has 1 atom stereocenters. The fraction of sp³-hybridized carbons (Fsp3) is 0.333. The maximum Gasteiger partial charge on any atom is 0.471 e. The first-order chi connectivity index (χ1) is 10.3. The van der Waals surface area contributed by atoms with Crippen LogP contribution in [0, 0.1) is 0 Å². The van der Waals surface area contributed by atoms with Crippen molar-refractivity contribution in [2.45, 2.75) is 30.6 Å². The molecule has 116 valence electrons. The normalized spacial score (nSPS) is 21.1. The molecule has 0 bridgehead atoms. The van der Waals surface area contributed by atoms with Crippen molar-refractivity contribution >= 4 is 17.9 Å². The standard InChI is InChI=1S/C15H13F3N2O2/c16-15(17,18)13(22)20-14(7-8-14)12(21)19-11-6-5-9-3-1-2-4-10(9)11/h1-6,11H,7-8H2,(H,19,21)(H,20,22). The summed E-state index contributed by atoms with van der Waals surface area (Å²) >= 11 is 0. The van der Waals surface area contributed by atoms with Gasteiger partial charge in [-0.1, -0.05) is 36.4 Å². The van der Waals surface area contributed by atoms with Crippen LogP contribution in [0.4, 0.5) is 13.2 Å². The molecule has 4 nitrogen and oxygen atoms in total. The molecule has 1 aromatic carbocycles. The molecule has 1 unspecified atom stereocenters. The molecule has 2 aliphatic rings. The van der Waals surface area contributed by atoms with Gasteiger partial charge in [0.2, 0.25) is 5.91 Å². The summed E-state index contributed by atoms with van der Waals surface area (Å²) in [6.07, 6.45) is -0.967. The molecule has 1 saturated carbocycles. The minimum atomic E-state index is -4.99. The zero-order valence-electron chi connectivity index (χ0n) is 11.4. The summed E-state index contributed by atoms with van der Waals surface area (Å²) in [5.74, 6) is -2.67. The summed E-state index contributed by atoms with van der Waals surface area (Å²) in [4.78, 5) is 23.3. The average Bonchev–Trinajstić information content (AvgIpc) is 3.13. The molecule has 0 radical (unpaired) electrons. The molecular weight excluding hydrogens is 297 g/mol. The van der Waals surface area contributed by atoms with Crippen LogP contribution < -0.4 is 10.6 Å². The van der Waals surface area contributed by atoms with Crippen molar-refractivity contribution in [2.75, 3.05) is 0 Å². The topological polar surface area (TPSA) is 58.2 Å². The van der Waals surface area contributed by atoms with E-state index < -0.39 is 23.5 Å². The molecule has 0 aromatic heterocycles.